The second-order valence-electron chi connectivity index (χ2n) is 26.6. The standard InChI is InChI=1S/C69H134O17P2/c1-9-62(8)48-40-32-27-28-34-42-50-67(72)80-56-65(86-69(74)52-44-36-25-19-18-22-30-38-46-60(4)5)58-84-88(77,78)82-54-63(70)53-81-87(75,76)83-57-64(55-79-66(71)49-41-33-26-20-23-31-39-47-61(6)7)85-68(73)51-43-35-24-17-15-13-11-10-12-14-16-21-29-37-45-59(2)3/h59-65,70H,9-58H2,1-8H3,(H,75,76)(H,77,78)/t62?,63?,64-,65-/m1/s1. The summed E-state index contributed by atoms with van der Waals surface area (Å²) in [5, 5.41) is 10.6. The van der Waals surface area contributed by atoms with Gasteiger partial charge in [0.2, 0.25) is 0 Å². The van der Waals surface area contributed by atoms with Gasteiger partial charge in [0.05, 0.1) is 26.4 Å². The lowest BCUT2D eigenvalue weighted by atomic mass is 10.00. The second-order valence-corrected chi connectivity index (χ2v) is 29.5. The first-order valence-corrected chi connectivity index (χ1v) is 38.7. The van der Waals surface area contributed by atoms with Crippen LogP contribution in [0.3, 0.4) is 0 Å². The Balaban J connectivity index is 5.23. The van der Waals surface area contributed by atoms with Crippen molar-refractivity contribution >= 4 is 39.5 Å². The predicted molar refractivity (Wildman–Crippen MR) is 354 cm³/mol. The molecule has 0 aliphatic carbocycles. The third kappa shape index (κ3) is 61.6. The third-order valence-corrected chi connectivity index (χ3v) is 18.1. The molecular formula is C69H134O17P2. The molecule has 0 aromatic heterocycles. The van der Waals surface area contributed by atoms with Gasteiger partial charge in [0.25, 0.3) is 0 Å². The Morgan fingerprint density at radius 2 is 0.545 bits per heavy atom. The van der Waals surface area contributed by atoms with Crippen molar-refractivity contribution < 1.29 is 80.2 Å². The maximum atomic E-state index is 13.0. The summed E-state index contributed by atoms with van der Waals surface area (Å²) in [5.74, 6) is 0.815. The van der Waals surface area contributed by atoms with Crippen LogP contribution in [0.1, 0.15) is 338 Å². The Hall–Kier alpha value is -1.94. The number of ether oxygens (including phenoxy) is 4. The number of unbranched alkanes of at least 4 members (excludes halogenated alkanes) is 31. The molecule has 0 aromatic carbocycles. The summed E-state index contributed by atoms with van der Waals surface area (Å²) in [6.45, 7) is 14.0. The van der Waals surface area contributed by atoms with Crippen LogP contribution in [0.4, 0.5) is 0 Å². The van der Waals surface area contributed by atoms with Crippen molar-refractivity contribution in [1.82, 2.24) is 0 Å². The molecule has 88 heavy (non-hydrogen) atoms. The van der Waals surface area contributed by atoms with Crippen LogP contribution in [0.5, 0.6) is 0 Å². The summed E-state index contributed by atoms with van der Waals surface area (Å²) < 4.78 is 68.2. The summed E-state index contributed by atoms with van der Waals surface area (Å²) in [5.41, 5.74) is 0. The molecule has 0 aromatic rings. The topological polar surface area (TPSA) is 237 Å². The zero-order chi connectivity index (χ0) is 65.4. The fourth-order valence-electron chi connectivity index (χ4n) is 10.3. The number of rotatable bonds is 66. The summed E-state index contributed by atoms with van der Waals surface area (Å²) in [7, 11) is -9.90. The van der Waals surface area contributed by atoms with E-state index in [0.29, 0.717) is 31.6 Å². The average molecular weight is 1300 g/mol. The SMILES string of the molecule is CCC(C)CCCCCCCCC(=O)OC[C@H](COP(=O)(O)OCC(O)COP(=O)(O)OC[C@@H](COC(=O)CCCCCCCCCC(C)C)OC(=O)CCCCCCCCCCCCCCCCC(C)C)OC(=O)CCCCCCCCCCC(C)C. The molecule has 3 N–H and O–H groups in total. The lowest BCUT2D eigenvalue weighted by Crippen LogP contribution is -2.30. The highest BCUT2D eigenvalue weighted by Crippen LogP contribution is 2.45. The minimum absolute atomic E-state index is 0.103. The number of hydrogen-bond donors (Lipinski definition) is 3. The summed E-state index contributed by atoms with van der Waals surface area (Å²) in [6, 6.07) is 0. The molecule has 19 heteroatoms. The van der Waals surface area contributed by atoms with Gasteiger partial charge in [-0.25, -0.2) is 9.13 Å². The van der Waals surface area contributed by atoms with E-state index in [4.69, 9.17) is 37.0 Å². The Kier molecular flexibility index (Phi) is 57.6. The maximum Gasteiger partial charge on any atom is 0.472 e. The van der Waals surface area contributed by atoms with Crippen LogP contribution in [-0.4, -0.2) is 96.7 Å². The van der Waals surface area contributed by atoms with E-state index in [1.165, 1.54) is 128 Å². The number of esters is 4. The molecule has 0 saturated carbocycles. The highest BCUT2D eigenvalue weighted by molar-refractivity contribution is 7.47. The van der Waals surface area contributed by atoms with Gasteiger partial charge < -0.3 is 33.8 Å². The second kappa shape index (κ2) is 58.8. The van der Waals surface area contributed by atoms with Gasteiger partial charge in [-0.2, -0.15) is 0 Å². The van der Waals surface area contributed by atoms with E-state index in [-0.39, 0.29) is 25.7 Å². The van der Waals surface area contributed by atoms with Crippen molar-refractivity contribution in [2.45, 2.75) is 356 Å². The van der Waals surface area contributed by atoms with Crippen molar-refractivity contribution in [3.05, 3.63) is 0 Å². The number of carbonyl (C=O) groups excluding carboxylic acids is 4. The van der Waals surface area contributed by atoms with Crippen molar-refractivity contribution in [1.29, 1.82) is 0 Å². The lowest BCUT2D eigenvalue weighted by molar-refractivity contribution is -0.161. The molecular weight excluding hydrogens is 1160 g/mol. The molecule has 0 bridgehead atoms. The van der Waals surface area contributed by atoms with Crippen LogP contribution in [-0.2, 0) is 65.4 Å². The minimum atomic E-state index is -4.95. The lowest BCUT2D eigenvalue weighted by Gasteiger charge is -2.21. The van der Waals surface area contributed by atoms with Gasteiger partial charge in [-0.1, -0.05) is 287 Å². The van der Waals surface area contributed by atoms with Gasteiger partial charge in [-0.05, 0) is 49.4 Å². The zero-order valence-corrected chi connectivity index (χ0v) is 59.1. The van der Waals surface area contributed by atoms with Crippen LogP contribution in [0.2, 0.25) is 0 Å². The van der Waals surface area contributed by atoms with Gasteiger partial charge in [0.15, 0.2) is 12.2 Å². The number of phosphoric ester groups is 2. The molecule has 0 aliphatic heterocycles. The first kappa shape index (κ1) is 86.1. The molecule has 0 amide bonds. The molecule has 522 valence electrons. The van der Waals surface area contributed by atoms with Crippen molar-refractivity contribution in [3.8, 4) is 0 Å². The molecule has 6 atom stereocenters. The molecule has 0 saturated heterocycles. The third-order valence-electron chi connectivity index (χ3n) is 16.2. The highest BCUT2D eigenvalue weighted by Gasteiger charge is 2.30. The monoisotopic (exact) mass is 1300 g/mol. The van der Waals surface area contributed by atoms with E-state index in [1.54, 1.807) is 0 Å². The molecule has 0 spiro atoms. The van der Waals surface area contributed by atoms with Gasteiger partial charge >= 0.3 is 39.5 Å². The Bertz CT molecular complexity index is 1750. The zero-order valence-electron chi connectivity index (χ0n) is 57.3. The van der Waals surface area contributed by atoms with Crippen LogP contribution in [0.25, 0.3) is 0 Å². The van der Waals surface area contributed by atoms with Crippen LogP contribution in [0.15, 0.2) is 0 Å². The van der Waals surface area contributed by atoms with Gasteiger partial charge in [0, 0.05) is 25.7 Å². The normalized spacial score (nSPS) is 14.6. The first-order valence-electron chi connectivity index (χ1n) is 35.7. The quantitative estimate of drug-likeness (QED) is 0.0222. The van der Waals surface area contributed by atoms with E-state index < -0.39 is 97.5 Å². The molecule has 0 fully saturated rings. The Labute approximate surface area is 537 Å². The Morgan fingerprint density at radius 3 is 0.807 bits per heavy atom. The van der Waals surface area contributed by atoms with Gasteiger partial charge in [0.1, 0.15) is 19.3 Å². The molecule has 0 radical (unpaired) electrons. The van der Waals surface area contributed by atoms with Crippen LogP contribution in [0, 0.1) is 23.7 Å². The minimum Gasteiger partial charge on any atom is -0.462 e. The van der Waals surface area contributed by atoms with E-state index in [2.05, 4.69) is 55.4 Å². The fourth-order valence-corrected chi connectivity index (χ4v) is 11.9. The molecule has 4 unspecified atom stereocenters. The van der Waals surface area contributed by atoms with Gasteiger partial charge in [-0.3, -0.25) is 37.3 Å². The summed E-state index contributed by atoms with van der Waals surface area (Å²) in [6.07, 6.45) is 40.5. The highest BCUT2D eigenvalue weighted by atomic mass is 31.2. The fraction of sp³-hybridized carbons (Fsp3) is 0.942. The number of phosphoric acid groups is 2. The number of aliphatic hydroxyl groups excluding tert-OH is 1. The predicted octanol–water partition coefficient (Wildman–Crippen LogP) is 19.3. The average Bonchev–Trinajstić information content (AvgIpc) is 3.52. The van der Waals surface area contributed by atoms with Crippen molar-refractivity contribution in [2.24, 2.45) is 23.7 Å². The van der Waals surface area contributed by atoms with Crippen molar-refractivity contribution in [2.75, 3.05) is 39.6 Å². The largest absolute Gasteiger partial charge is 0.472 e. The molecule has 0 heterocycles. The number of hydrogen-bond acceptors (Lipinski definition) is 15. The van der Waals surface area contributed by atoms with Crippen LogP contribution < -0.4 is 0 Å². The van der Waals surface area contributed by atoms with E-state index in [1.807, 2.05) is 0 Å². The Morgan fingerprint density at radius 1 is 0.318 bits per heavy atom. The smallest absolute Gasteiger partial charge is 0.462 e. The molecule has 0 rings (SSSR count). The molecule has 0 aliphatic rings. The van der Waals surface area contributed by atoms with Gasteiger partial charge in [-0.15, -0.1) is 0 Å². The van der Waals surface area contributed by atoms with E-state index in [0.717, 1.165) is 120 Å². The maximum absolute atomic E-state index is 13.0. The van der Waals surface area contributed by atoms with E-state index in [9.17, 15) is 43.2 Å². The first-order chi connectivity index (χ1) is 42.1. The molecule has 17 nitrogen and oxygen atoms in total. The van der Waals surface area contributed by atoms with Crippen LogP contribution >= 0.6 is 15.6 Å². The van der Waals surface area contributed by atoms with Crippen molar-refractivity contribution in [3.63, 3.8) is 0 Å². The summed E-state index contributed by atoms with van der Waals surface area (Å²) in [4.78, 5) is 72.4. The van der Waals surface area contributed by atoms with E-state index >= 15 is 0 Å². The summed E-state index contributed by atoms with van der Waals surface area (Å²) >= 11 is 0. The number of aliphatic hydroxyl groups is 1. The number of carbonyl (C=O) groups is 4.